The van der Waals surface area contributed by atoms with E-state index in [4.69, 9.17) is 9.47 Å². The van der Waals surface area contributed by atoms with Crippen LogP contribution in [-0.2, 0) is 17.8 Å². The monoisotopic (exact) mass is 477 g/mol. The average Bonchev–Trinajstić information content (AvgIpc) is 2.88. The van der Waals surface area contributed by atoms with Gasteiger partial charge < -0.3 is 14.4 Å². The first-order chi connectivity index (χ1) is 16.8. The van der Waals surface area contributed by atoms with Crippen LogP contribution in [0.15, 0.2) is 65.6 Å². The third kappa shape index (κ3) is 4.63. The Balaban J connectivity index is 1.72. The number of hydrogen-bond acceptors (Lipinski definition) is 7. The Hall–Kier alpha value is -4.47. The van der Waals surface area contributed by atoms with E-state index in [2.05, 4.69) is 0 Å². The van der Waals surface area contributed by atoms with Crippen LogP contribution in [0.25, 0.3) is 0 Å². The predicted octanol–water partition coefficient (Wildman–Crippen LogP) is 2.78. The molecule has 0 bridgehead atoms. The van der Waals surface area contributed by atoms with Gasteiger partial charge in [0.15, 0.2) is 23.3 Å². The number of carbonyl (C=O) groups excluding carboxylic acids is 2. The van der Waals surface area contributed by atoms with Crippen LogP contribution in [0.2, 0.25) is 0 Å². The standard InChI is InChI=1S/C25H23N3O7/c1-34-20-13-16-9-11-26(15-18(16)14-21(20)35-2)25(31)23(27-10-4-3-8-22(27)29)24(30)17-6-5-7-19(12-17)28(32)33/h3-8,10,12-14,23H,9,11,15H2,1-2H3. The first kappa shape index (κ1) is 23.7. The minimum atomic E-state index is -1.51. The molecular formula is C25H23N3O7. The number of hydrogen-bond donors (Lipinski definition) is 0. The molecule has 0 spiro atoms. The van der Waals surface area contributed by atoms with E-state index in [1.54, 1.807) is 19.2 Å². The summed E-state index contributed by atoms with van der Waals surface area (Å²) >= 11 is 0. The Morgan fingerprint density at radius 1 is 1.00 bits per heavy atom. The SMILES string of the molecule is COc1cc2c(cc1OC)CN(C(=O)C(C(=O)c1cccc([N+](=O)[O-])c1)n1ccccc1=O)CC2. The molecule has 0 radical (unpaired) electrons. The second-order valence-electron chi connectivity index (χ2n) is 8.01. The lowest BCUT2D eigenvalue weighted by Gasteiger charge is -2.32. The van der Waals surface area contributed by atoms with Crippen LogP contribution in [0.3, 0.4) is 0 Å². The summed E-state index contributed by atoms with van der Waals surface area (Å²) in [6.07, 6.45) is 1.88. The van der Waals surface area contributed by atoms with E-state index < -0.39 is 28.2 Å². The summed E-state index contributed by atoms with van der Waals surface area (Å²) < 4.78 is 11.8. The fourth-order valence-electron chi connectivity index (χ4n) is 4.19. The van der Waals surface area contributed by atoms with Gasteiger partial charge in [-0.15, -0.1) is 0 Å². The Bertz CT molecular complexity index is 1370. The van der Waals surface area contributed by atoms with Crippen LogP contribution in [0.5, 0.6) is 11.5 Å². The number of pyridine rings is 1. The number of nitro benzene ring substituents is 1. The van der Waals surface area contributed by atoms with E-state index in [1.165, 1.54) is 48.5 Å². The molecule has 10 heteroatoms. The minimum Gasteiger partial charge on any atom is -0.493 e. The van der Waals surface area contributed by atoms with Crippen molar-refractivity contribution in [3.63, 3.8) is 0 Å². The molecule has 1 amide bonds. The molecule has 4 rings (SSSR count). The van der Waals surface area contributed by atoms with E-state index in [0.717, 1.165) is 21.8 Å². The molecule has 0 saturated heterocycles. The number of carbonyl (C=O) groups is 2. The summed E-state index contributed by atoms with van der Waals surface area (Å²) in [6, 6.07) is 11.6. The highest BCUT2D eigenvalue weighted by Crippen LogP contribution is 2.34. The number of non-ortho nitro benzene ring substituents is 1. The second-order valence-corrected chi connectivity index (χ2v) is 8.01. The molecule has 1 unspecified atom stereocenters. The molecule has 180 valence electrons. The summed E-state index contributed by atoms with van der Waals surface area (Å²) in [4.78, 5) is 52.0. The topological polar surface area (TPSA) is 121 Å². The van der Waals surface area contributed by atoms with Crippen molar-refractivity contribution < 1.29 is 24.0 Å². The third-order valence-electron chi connectivity index (χ3n) is 5.98. The van der Waals surface area contributed by atoms with Crippen molar-refractivity contribution in [3.05, 3.63) is 98.0 Å². The fourth-order valence-corrected chi connectivity index (χ4v) is 4.19. The molecule has 3 aromatic rings. The highest BCUT2D eigenvalue weighted by molar-refractivity contribution is 6.12. The highest BCUT2D eigenvalue weighted by Gasteiger charge is 2.35. The predicted molar refractivity (Wildman–Crippen MR) is 126 cm³/mol. The molecule has 0 fully saturated rings. The number of benzene rings is 2. The van der Waals surface area contributed by atoms with Crippen LogP contribution in [0.4, 0.5) is 5.69 Å². The summed E-state index contributed by atoms with van der Waals surface area (Å²) in [6.45, 7) is 0.524. The first-order valence-electron chi connectivity index (χ1n) is 10.8. The number of ketones is 1. The van der Waals surface area contributed by atoms with Crippen molar-refractivity contribution in [3.8, 4) is 11.5 Å². The zero-order valence-corrected chi connectivity index (χ0v) is 19.2. The molecule has 0 saturated carbocycles. The third-order valence-corrected chi connectivity index (χ3v) is 5.98. The van der Waals surface area contributed by atoms with Gasteiger partial charge in [0.2, 0.25) is 0 Å². The van der Waals surface area contributed by atoms with E-state index in [0.29, 0.717) is 24.5 Å². The summed E-state index contributed by atoms with van der Waals surface area (Å²) in [5.41, 5.74) is 0.982. The first-order valence-corrected chi connectivity index (χ1v) is 10.8. The van der Waals surface area contributed by atoms with Gasteiger partial charge in [0.05, 0.1) is 19.1 Å². The van der Waals surface area contributed by atoms with E-state index in [9.17, 15) is 24.5 Å². The van der Waals surface area contributed by atoms with Crippen molar-refractivity contribution in [2.24, 2.45) is 0 Å². The van der Waals surface area contributed by atoms with E-state index >= 15 is 0 Å². The van der Waals surface area contributed by atoms with Gasteiger partial charge >= 0.3 is 0 Å². The van der Waals surface area contributed by atoms with Crippen LogP contribution in [0, 0.1) is 10.1 Å². The Labute approximate surface area is 200 Å². The molecule has 0 N–H and O–H groups in total. The fraction of sp³-hybridized carbons (Fsp3) is 0.240. The molecular weight excluding hydrogens is 454 g/mol. The number of Topliss-reactive ketones (excluding diaryl/α,β-unsaturated/α-hetero) is 1. The maximum Gasteiger partial charge on any atom is 0.270 e. The lowest BCUT2D eigenvalue weighted by Crippen LogP contribution is -2.45. The van der Waals surface area contributed by atoms with Crippen molar-refractivity contribution >= 4 is 17.4 Å². The maximum absolute atomic E-state index is 13.7. The number of ether oxygens (including phenoxy) is 2. The largest absolute Gasteiger partial charge is 0.493 e. The van der Waals surface area contributed by atoms with Gasteiger partial charge in [0.25, 0.3) is 17.2 Å². The Kier molecular flexibility index (Phi) is 6.63. The number of nitrogens with zero attached hydrogens (tertiary/aromatic N) is 3. The summed E-state index contributed by atoms with van der Waals surface area (Å²) in [5, 5.41) is 11.2. The Morgan fingerprint density at radius 3 is 2.37 bits per heavy atom. The molecule has 0 aliphatic carbocycles. The molecule has 1 aromatic heterocycles. The Morgan fingerprint density at radius 2 is 1.71 bits per heavy atom. The van der Waals surface area contributed by atoms with Crippen molar-refractivity contribution in [2.45, 2.75) is 19.0 Å². The van der Waals surface area contributed by atoms with Gasteiger partial charge in [-0.3, -0.25) is 29.1 Å². The zero-order chi connectivity index (χ0) is 25.1. The van der Waals surface area contributed by atoms with E-state index in [1.807, 2.05) is 6.07 Å². The van der Waals surface area contributed by atoms with Crippen molar-refractivity contribution in [2.75, 3.05) is 20.8 Å². The van der Waals surface area contributed by atoms with Gasteiger partial charge in [-0.25, -0.2) is 0 Å². The molecule has 1 atom stereocenters. The minimum absolute atomic E-state index is 0.0304. The zero-order valence-electron chi connectivity index (χ0n) is 19.2. The van der Waals surface area contributed by atoms with Gasteiger partial charge in [-0.05, 0) is 35.7 Å². The van der Waals surface area contributed by atoms with E-state index in [-0.39, 0.29) is 17.8 Å². The van der Waals surface area contributed by atoms with Crippen molar-refractivity contribution in [1.82, 2.24) is 9.47 Å². The molecule has 35 heavy (non-hydrogen) atoms. The number of rotatable bonds is 7. The maximum atomic E-state index is 13.7. The number of amides is 1. The second kappa shape index (κ2) is 9.80. The number of methoxy groups -OCH3 is 2. The molecule has 1 aliphatic rings. The molecule has 1 aliphatic heterocycles. The summed E-state index contributed by atoms with van der Waals surface area (Å²) in [7, 11) is 3.07. The number of nitro groups is 1. The van der Waals surface area contributed by atoms with Crippen LogP contribution in [0.1, 0.15) is 27.5 Å². The molecule has 10 nitrogen and oxygen atoms in total. The lowest BCUT2D eigenvalue weighted by molar-refractivity contribution is -0.384. The van der Waals surface area contributed by atoms with Crippen LogP contribution < -0.4 is 15.0 Å². The summed E-state index contributed by atoms with van der Waals surface area (Å²) in [5.74, 6) is -0.176. The van der Waals surface area contributed by atoms with Gasteiger partial charge in [-0.2, -0.15) is 0 Å². The smallest absolute Gasteiger partial charge is 0.270 e. The lowest BCUT2D eigenvalue weighted by atomic mass is 9.96. The molecule has 2 heterocycles. The number of fused-ring (bicyclic) bond motifs is 1. The van der Waals surface area contributed by atoms with Gasteiger partial charge in [-0.1, -0.05) is 18.2 Å². The highest BCUT2D eigenvalue weighted by atomic mass is 16.6. The van der Waals surface area contributed by atoms with Gasteiger partial charge in [0, 0.05) is 43.0 Å². The average molecular weight is 477 g/mol. The van der Waals surface area contributed by atoms with Crippen molar-refractivity contribution in [1.29, 1.82) is 0 Å². The van der Waals surface area contributed by atoms with Gasteiger partial charge in [0.1, 0.15) is 0 Å². The normalized spacial score (nSPS) is 13.5. The van der Waals surface area contributed by atoms with Crippen LogP contribution >= 0.6 is 0 Å². The molecule has 2 aromatic carbocycles. The quantitative estimate of drug-likeness (QED) is 0.222. The van der Waals surface area contributed by atoms with Crippen LogP contribution in [-0.4, -0.2) is 46.8 Å². The number of aromatic nitrogens is 1.